The van der Waals surface area contributed by atoms with Crippen LogP contribution in [0.1, 0.15) is 16.7 Å². The summed E-state index contributed by atoms with van der Waals surface area (Å²) in [5, 5.41) is 10.8. The third-order valence-corrected chi connectivity index (χ3v) is 3.32. The lowest BCUT2D eigenvalue weighted by molar-refractivity contribution is -0.384. The fourth-order valence-corrected chi connectivity index (χ4v) is 2.02. The van der Waals surface area contributed by atoms with E-state index in [1.54, 1.807) is 6.07 Å². The molecule has 2 aromatic rings. The molecule has 5 nitrogen and oxygen atoms in total. The maximum atomic E-state index is 10.8. The predicted molar refractivity (Wildman–Crippen MR) is 84.7 cm³/mol. The molecule has 0 aliphatic rings. The molecule has 0 aromatic heterocycles. The van der Waals surface area contributed by atoms with Crippen molar-refractivity contribution in [3.8, 4) is 11.5 Å². The molecular formula is C17H19NO4. The lowest BCUT2D eigenvalue weighted by Crippen LogP contribution is -2.10. The molecule has 2 rings (SSSR count). The normalized spacial score (nSPS) is 10.3. The van der Waals surface area contributed by atoms with E-state index in [2.05, 4.69) is 0 Å². The molecular weight excluding hydrogens is 282 g/mol. The molecule has 0 aliphatic carbocycles. The second-order valence-corrected chi connectivity index (χ2v) is 5.17. The van der Waals surface area contributed by atoms with E-state index in [9.17, 15) is 10.1 Å². The van der Waals surface area contributed by atoms with Crippen LogP contribution in [0, 0.1) is 30.9 Å². The van der Waals surface area contributed by atoms with Gasteiger partial charge in [-0.15, -0.1) is 0 Å². The Morgan fingerprint density at radius 3 is 2.05 bits per heavy atom. The molecule has 0 amide bonds. The summed E-state index contributed by atoms with van der Waals surface area (Å²) in [5.41, 5.74) is 3.08. The fourth-order valence-electron chi connectivity index (χ4n) is 2.02. The summed E-state index contributed by atoms with van der Waals surface area (Å²) in [7, 11) is 0. The number of rotatable bonds is 6. The molecule has 0 saturated carbocycles. The topological polar surface area (TPSA) is 61.6 Å². The van der Waals surface area contributed by atoms with Gasteiger partial charge in [0.15, 0.2) is 0 Å². The molecule has 0 aliphatic heterocycles. The van der Waals surface area contributed by atoms with Crippen LogP contribution in [0.3, 0.4) is 0 Å². The zero-order chi connectivity index (χ0) is 16.1. The monoisotopic (exact) mass is 301 g/mol. The first-order valence-electron chi connectivity index (χ1n) is 7.05. The highest BCUT2D eigenvalue weighted by molar-refractivity contribution is 5.43. The second-order valence-electron chi connectivity index (χ2n) is 5.17. The van der Waals surface area contributed by atoms with Gasteiger partial charge in [0.25, 0.3) is 5.69 Å². The van der Waals surface area contributed by atoms with Crippen LogP contribution in [0.25, 0.3) is 0 Å². The molecule has 116 valence electrons. The number of aryl methyl sites for hydroxylation is 3. The van der Waals surface area contributed by atoms with Crippen LogP contribution in [0.5, 0.6) is 11.5 Å². The Labute approximate surface area is 129 Å². The maximum Gasteiger partial charge on any atom is 0.273 e. The molecule has 2 aromatic carbocycles. The molecule has 0 heterocycles. The zero-order valence-electron chi connectivity index (χ0n) is 13.0. The van der Waals surface area contributed by atoms with Crippen molar-refractivity contribution in [1.29, 1.82) is 0 Å². The van der Waals surface area contributed by atoms with Crippen molar-refractivity contribution < 1.29 is 14.4 Å². The van der Waals surface area contributed by atoms with Crippen LogP contribution in [-0.4, -0.2) is 18.1 Å². The SMILES string of the molecule is Cc1ccc(C)c(OCCOc2cc([N+](=O)[O-])ccc2C)c1. The van der Waals surface area contributed by atoms with Gasteiger partial charge in [0, 0.05) is 6.07 Å². The van der Waals surface area contributed by atoms with E-state index in [0.29, 0.717) is 19.0 Å². The minimum absolute atomic E-state index is 0.0241. The lowest BCUT2D eigenvalue weighted by atomic mass is 10.1. The number of non-ortho nitro benzene ring substituents is 1. The molecule has 0 N–H and O–H groups in total. The Bertz CT molecular complexity index is 682. The Hall–Kier alpha value is -2.56. The average molecular weight is 301 g/mol. The number of benzene rings is 2. The van der Waals surface area contributed by atoms with Gasteiger partial charge < -0.3 is 9.47 Å². The number of ether oxygens (including phenoxy) is 2. The molecule has 22 heavy (non-hydrogen) atoms. The van der Waals surface area contributed by atoms with Gasteiger partial charge >= 0.3 is 0 Å². The van der Waals surface area contributed by atoms with Crippen LogP contribution < -0.4 is 9.47 Å². The summed E-state index contributed by atoms with van der Waals surface area (Å²) >= 11 is 0. The van der Waals surface area contributed by atoms with Crippen LogP contribution in [0.4, 0.5) is 5.69 Å². The average Bonchev–Trinajstić information content (AvgIpc) is 2.48. The summed E-state index contributed by atoms with van der Waals surface area (Å²) in [6.45, 7) is 6.56. The number of hydrogen-bond acceptors (Lipinski definition) is 4. The molecule has 0 bridgehead atoms. The van der Waals surface area contributed by atoms with E-state index >= 15 is 0 Å². The minimum atomic E-state index is -0.432. The van der Waals surface area contributed by atoms with E-state index in [4.69, 9.17) is 9.47 Å². The van der Waals surface area contributed by atoms with Crippen molar-refractivity contribution in [3.63, 3.8) is 0 Å². The van der Waals surface area contributed by atoms with E-state index in [1.807, 2.05) is 39.0 Å². The summed E-state index contributed by atoms with van der Waals surface area (Å²) in [5.74, 6) is 1.35. The van der Waals surface area contributed by atoms with E-state index in [-0.39, 0.29) is 5.69 Å². The van der Waals surface area contributed by atoms with Crippen molar-refractivity contribution in [1.82, 2.24) is 0 Å². The van der Waals surface area contributed by atoms with Gasteiger partial charge in [-0.3, -0.25) is 10.1 Å². The smallest absolute Gasteiger partial charge is 0.273 e. The van der Waals surface area contributed by atoms with Crippen molar-refractivity contribution in [2.24, 2.45) is 0 Å². The first-order chi connectivity index (χ1) is 10.5. The number of nitrogens with zero attached hydrogens (tertiary/aromatic N) is 1. The van der Waals surface area contributed by atoms with Crippen LogP contribution in [0.15, 0.2) is 36.4 Å². The van der Waals surface area contributed by atoms with Crippen molar-refractivity contribution in [3.05, 3.63) is 63.2 Å². The number of nitro benzene ring substituents is 1. The van der Waals surface area contributed by atoms with Crippen molar-refractivity contribution in [2.45, 2.75) is 20.8 Å². The first-order valence-corrected chi connectivity index (χ1v) is 7.05. The van der Waals surface area contributed by atoms with E-state index in [1.165, 1.54) is 12.1 Å². The van der Waals surface area contributed by atoms with Crippen molar-refractivity contribution in [2.75, 3.05) is 13.2 Å². The fraction of sp³-hybridized carbons (Fsp3) is 0.294. The Morgan fingerprint density at radius 1 is 0.909 bits per heavy atom. The Kier molecular flexibility index (Phi) is 4.99. The summed E-state index contributed by atoms with van der Waals surface area (Å²) in [6, 6.07) is 10.6. The van der Waals surface area contributed by atoms with Gasteiger partial charge in [-0.25, -0.2) is 0 Å². The highest BCUT2D eigenvalue weighted by Gasteiger charge is 2.09. The van der Waals surface area contributed by atoms with E-state index in [0.717, 1.165) is 22.4 Å². The molecule has 5 heteroatoms. The number of nitro groups is 1. The van der Waals surface area contributed by atoms with Gasteiger partial charge in [-0.1, -0.05) is 12.1 Å². The van der Waals surface area contributed by atoms with E-state index < -0.39 is 4.92 Å². The third-order valence-electron chi connectivity index (χ3n) is 3.32. The highest BCUT2D eigenvalue weighted by Crippen LogP contribution is 2.24. The lowest BCUT2D eigenvalue weighted by Gasteiger charge is -2.12. The predicted octanol–water partition coefficient (Wildman–Crippen LogP) is 3.98. The van der Waals surface area contributed by atoms with Gasteiger partial charge in [0.05, 0.1) is 11.0 Å². The first kappa shape index (κ1) is 15.8. The van der Waals surface area contributed by atoms with Gasteiger partial charge in [-0.05, 0) is 49.6 Å². The van der Waals surface area contributed by atoms with Crippen molar-refractivity contribution >= 4 is 5.69 Å². The highest BCUT2D eigenvalue weighted by atomic mass is 16.6. The third kappa shape index (κ3) is 3.97. The molecule has 0 radical (unpaired) electrons. The number of hydrogen-bond donors (Lipinski definition) is 0. The molecule has 0 unspecified atom stereocenters. The largest absolute Gasteiger partial charge is 0.490 e. The summed E-state index contributed by atoms with van der Waals surface area (Å²) in [4.78, 5) is 10.3. The molecule has 0 spiro atoms. The molecule has 0 atom stereocenters. The van der Waals surface area contributed by atoms with Gasteiger partial charge in [-0.2, -0.15) is 0 Å². The summed E-state index contributed by atoms with van der Waals surface area (Å²) in [6.07, 6.45) is 0. The van der Waals surface area contributed by atoms with Crippen LogP contribution >= 0.6 is 0 Å². The van der Waals surface area contributed by atoms with Gasteiger partial charge in [0.1, 0.15) is 24.7 Å². The molecule has 0 fully saturated rings. The second kappa shape index (κ2) is 6.93. The maximum absolute atomic E-state index is 10.8. The van der Waals surface area contributed by atoms with Crippen LogP contribution in [0.2, 0.25) is 0 Å². The zero-order valence-corrected chi connectivity index (χ0v) is 13.0. The standard InChI is InChI=1S/C17H19NO4/c1-12-4-5-13(2)16(10-12)21-8-9-22-17-11-15(18(19)20)7-6-14(17)3/h4-7,10-11H,8-9H2,1-3H3. The Morgan fingerprint density at radius 2 is 1.45 bits per heavy atom. The van der Waals surface area contributed by atoms with Crippen LogP contribution in [-0.2, 0) is 0 Å². The quantitative estimate of drug-likeness (QED) is 0.460. The summed E-state index contributed by atoms with van der Waals surface area (Å²) < 4.78 is 11.3. The molecule has 0 saturated heterocycles. The Balaban J connectivity index is 1.92. The van der Waals surface area contributed by atoms with Gasteiger partial charge in [0.2, 0.25) is 0 Å². The minimum Gasteiger partial charge on any atom is -0.490 e.